The number of carboxylic acid groups (broad SMARTS) is 1. The van der Waals surface area contributed by atoms with Crippen LogP contribution in [0.25, 0.3) is 0 Å². The molecule has 2 N–H and O–H groups in total. The number of carbonyl (C=O) groups is 1. The summed E-state index contributed by atoms with van der Waals surface area (Å²) >= 11 is 1.96. The Hall–Kier alpha value is -0.260. The molecule has 0 spiro atoms. The molecule has 0 bridgehead atoms. The Morgan fingerprint density at radius 1 is 1.48 bits per heavy atom. The Labute approximate surface area is 132 Å². The normalized spacial score (nSPS) is 36.5. The van der Waals surface area contributed by atoms with Crippen LogP contribution in [0.4, 0.5) is 0 Å². The fraction of sp³-hybridized carbons (Fsp3) is 0.938. The van der Waals surface area contributed by atoms with E-state index in [1.165, 1.54) is 0 Å². The lowest BCUT2D eigenvalue weighted by molar-refractivity contribution is -0.147. The number of rotatable bonds is 7. The van der Waals surface area contributed by atoms with Gasteiger partial charge in [-0.3, -0.25) is 10.1 Å². The second-order valence-electron chi connectivity index (χ2n) is 6.73. The van der Waals surface area contributed by atoms with Crippen LogP contribution in [0.15, 0.2) is 0 Å². The molecule has 5 heteroatoms. The number of nitrogens with one attached hydrogen (secondary N) is 1. The van der Waals surface area contributed by atoms with Gasteiger partial charge in [0.25, 0.3) is 0 Å². The van der Waals surface area contributed by atoms with Crippen molar-refractivity contribution >= 4 is 17.7 Å². The first kappa shape index (κ1) is 17.1. The number of hydrogen-bond acceptors (Lipinski definition) is 4. The van der Waals surface area contributed by atoms with E-state index in [0.717, 1.165) is 44.5 Å². The average molecular weight is 315 g/mol. The first-order chi connectivity index (χ1) is 9.95. The molecule has 0 radical (unpaired) electrons. The zero-order valence-corrected chi connectivity index (χ0v) is 14.2. The largest absolute Gasteiger partial charge is 0.480 e. The molecule has 1 aliphatic heterocycles. The number of carboxylic acids is 1. The van der Waals surface area contributed by atoms with Crippen LogP contribution < -0.4 is 5.32 Å². The van der Waals surface area contributed by atoms with Gasteiger partial charge in [-0.1, -0.05) is 6.42 Å². The molecule has 0 amide bonds. The van der Waals surface area contributed by atoms with Crippen LogP contribution in [0, 0.1) is 5.92 Å². The van der Waals surface area contributed by atoms with Crippen molar-refractivity contribution in [3.8, 4) is 0 Å². The number of ether oxygens (including phenoxy) is 1. The molecule has 2 fully saturated rings. The summed E-state index contributed by atoms with van der Waals surface area (Å²) in [7, 11) is 0. The van der Waals surface area contributed by atoms with Crippen molar-refractivity contribution in [2.24, 2.45) is 5.92 Å². The minimum atomic E-state index is -0.702. The Morgan fingerprint density at radius 2 is 2.24 bits per heavy atom. The molecule has 1 saturated carbocycles. The summed E-state index contributed by atoms with van der Waals surface area (Å²) in [5, 5.41) is 13.7. The topological polar surface area (TPSA) is 58.6 Å². The Balaban J connectivity index is 1.89. The SMILES string of the molecule is CC(C)NC1(C(=O)O)CCCC1CCSC1CCOC1C. The zero-order valence-electron chi connectivity index (χ0n) is 13.4. The third kappa shape index (κ3) is 3.93. The molecule has 122 valence electrons. The zero-order chi connectivity index (χ0) is 15.5. The van der Waals surface area contributed by atoms with Crippen molar-refractivity contribution in [2.75, 3.05) is 12.4 Å². The molecule has 4 nitrogen and oxygen atoms in total. The van der Waals surface area contributed by atoms with Gasteiger partial charge in [-0.25, -0.2) is 0 Å². The van der Waals surface area contributed by atoms with Crippen LogP contribution in [0.5, 0.6) is 0 Å². The lowest BCUT2D eigenvalue weighted by atomic mass is 9.84. The smallest absolute Gasteiger partial charge is 0.324 e. The monoisotopic (exact) mass is 315 g/mol. The van der Waals surface area contributed by atoms with E-state index in [0.29, 0.717) is 11.4 Å². The van der Waals surface area contributed by atoms with E-state index < -0.39 is 11.5 Å². The molecule has 1 saturated heterocycles. The van der Waals surface area contributed by atoms with Crippen LogP contribution in [-0.4, -0.2) is 46.4 Å². The fourth-order valence-corrected chi connectivity index (χ4v) is 5.15. The van der Waals surface area contributed by atoms with E-state index >= 15 is 0 Å². The van der Waals surface area contributed by atoms with Crippen molar-refractivity contribution in [1.82, 2.24) is 5.32 Å². The average Bonchev–Trinajstić information content (AvgIpc) is 2.97. The summed E-state index contributed by atoms with van der Waals surface area (Å²) in [6.07, 6.45) is 5.27. The van der Waals surface area contributed by atoms with Gasteiger partial charge in [-0.15, -0.1) is 0 Å². The highest BCUT2D eigenvalue weighted by molar-refractivity contribution is 7.99. The number of thioether (sulfide) groups is 1. The molecular weight excluding hydrogens is 286 g/mol. The lowest BCUT2D eigenvalue weighted by Crippen LogP contribution is -2.57. The van der Waals surface area contributed by atoms with Gasteiger partial charge in [-0.2, -0.15) is 11.8 Å². The summed E-state index contributed by atoms with van der Waals surface area (Å²) in [6, 6.07) is 0.206. The molecule has 1 aliphatic carbocycles. The van der Waals surface area contributed by atoms with E-state index in [1.54, 1.807) is 0 Å². The second kappa shape index (κ2) is 7.34. The summed E-state index contributed by atoms with van der Waals surface area (Å²) in [4.78, 5) is 11.9. The minimum absolute atomic E-state index is 0.206. The van der Waals surface area contributed by atoms with E-state index in [-0.39, 0.29) is 12.0 Å². The molecular formula is C16H29NO3S. The van der Waals surface area contributed by atoms with Crippen molar-refractivity contribution in [3.63, 3.8) is 0 Å². The van der Waals surface area contributed by atoms with E-state index in [4.69, 9.17) is 4.74 Å². The van der Waals surface area contributed by atoms with Crippen LogP contribution in [0.1, 0.15) is 52.9 Å². The first-order valence-electron chi connectivity index (χ1n) is 8.20. The predicted octanol–water partition coefficient (Wildman–Crippen LogP) is 2.91. The minimum Gasteiger partial charge on any atom is -0.480 e. The molecule has 2 rings (SSSR count). The van der Waals surface area contributed by atoms with Gasteiger partial charge in [0.05, 0.1) is 6.10 Å². The highest BCUT2D eigenvalue weighted by Gasteiger charge is 2.49. The van der Waals surface area contributed by atoms with Crippen LogP contribution in [0.3, 0.4) is 0 Å². The predicted molar refractivity (Wildman–Crippen MR) is 86.9 cm³/mol. The highest BCUT2D eigenvalue weighted by atomic mass is 32.2. The van der Waals surface area contributed by atoms with E-state index in [1.807, 2.05) is 25.6 Å². The third-order valence-corrected chi connectivity index (χ3v) is 6.37. The fourth-order valence-electron chi connectivity index (χ4n) is 3.81. The Bertz CT molecular complexity index is 363. The van der Waals surface area contributed by atoms with Crippen molar-refractivity contribution in [1.29, 1.82) is 0 Å². The van der Waals surface area contributed by atoms with Crippen molar-refractivity contribution in [3.05, 3.63) is 0 Å². The lowest BCUT2D eigenvalue weighted by Gasteiger charge is -2.34. The van der Waals surface area contributed by atoms with Gasteiger partial charge in [0.15, 0.2) is 0 Å². The van der Waals surface area contributed by atoms with Gasteiger partial charge < -0.3 is 9.84 Å². The number of aliphatic carboxylic acids is 1. The molecule has 21 heavy (non-hydrogen) atoms. The van der Waals surface area contributed by atoms with Gasteiger partial charge in [0.2, 0.25) is 0 Å². The molecule has 4 atom stereocenters. The molecule has 1 heterocycles. The van der Waals surface area contributed by atoms with Crippen molar-refractivity contribution in [2.45, 2.75) is 75.8 Å². The summed E-state index contributed by atoms with van der Waals surface area (Å²) in [5.74, 6) is 0.626. The van der Waals surface area contributed by atoms with Crippen molar-refractivity contribution < 1.29 is 14.6 Å². The Kier molecular flexibility index (Phi) is 5.97. The summed E-state index contributed by atoms with van der Waals surface area (Å²) < 4.78 is 5.59. The van der Waals surface area contributed by atoms with Crippen LogP contribution >= 0.6 is 11.8 Å². The first-order valence-corrected chi connectivity index (χ1v) is 9.25. The summed E-state index contributed by atoms with van der Waals surface area (Å²) in [5.41, 5.74) is -0.702. The summed E-state index contributed by atoms with van der Waals surface area (Å²) in [6.45, 7) is 7.08. The molecule has 2 aliphatic rings. The van der Waals surface area contributed by atoms with Crippen LogP contribution in [0.2, 0.25) is 0 Å². The highest BCUT2D eigenvalue weighted by Crippen LogP contribution is 2.40. The third-order valence-electron chi connectivity index (χ3n) is 4.85. The van der Waals surface area contributed by atoms with Gasteiger partial charge in [-0.05, 0) is 58.1 Å². The molecule has 0 aromatic carbocycles. The quantitative estimate of drug-likeness (QED) is 0.756. The standard InChI is InChI=1S/C16H29NO3S/c1-11(2)17-16(15(18)19)8-4-5-13(16)7-10-21-14-6-9-20-12(14)3/h11-14,17H,4-10H2,1-3H3,(H,18,19). The molecule has 0 aromatic heterocycles. The van der Waals surface area contributed by atoms with E-state index in [2.05, 4.69) is 12.2 Å². The Morgan fingerprint density at radius 3 is 2.81 bits per heavy atom. The van der Waals surface area contributed by atoms with Crippen LogP contribution in [-0.2, 0) is 9.53 Å². The molecule has 4 unspecified atom stereocenters. The molecule has 0 aromatic rings. The maximum absolute atomic E-state index is 11.9. The van der Waals surface area contributed by atoms with E-state index in [9.17, 15) is 9.90 Å². The maximum atomic E-state index is 11.9. The van der Waals surface area contributed by atoms with Gasteiger partial charge in [0.1, 0.15) is 5.54 Å². The number of hydrogen-bond donors (Lipinski definition) is 2. The maximum Gasteiger partial charge on any atom is 0.324 e. The van der Waals surface area contributed by atoms with Gasteiger partial charge in [0, 0.05) is 17.9 Å². The second-order valence-corrected chi connectivity index (χ2v) is 8.07. The van der Waals surface area contributed by atoms with Gasteiger partial charge >= 0.3 is 5.97 Å².